The Balaban J connectivity index is 1.36. The predicted octanol–water partition coefficient (Wildman–Crippen LogP) is 3.66. The zero-order valence-corrected chi connectivity index (χ0v) is 16.9. The molecule has 0 bridgehead atoms. The SMILES string of the molecule is Cc1onc(C(=O)N2CCN(Cc3cccc(F)c3)CC2)c1COc1ccccc1. The van der Waals surface area contributed by atoms with Crippen LogP contribution >= 0.6 is 0 Å². The fourth-order valence-electron chi connectivity index (χ4n) is 3.55. The zero-order chi connectivity index (χ0) is 20.9. The van der Waals surface area contributed by atoms with Crippen molar-refractivity contribution in [2.24, 2.45) is 0 Å². The maximum atomic E-state index is 13.4. The van der Waals surface area contributed by atoms with Gasteiger partial charge in [-0.15, -0.1) is 0 Å². The molecule has 1 aliphatic heterocycles. The Labute approximate surface area is 174 Å². The summed E-state index contributed by atoms with van der Waals surface area (Å²) >= 11 is 0. The van der Waals surface area contributed by atoms with Gasteiger partial charge in [-0.2, -0.15) is 0 Å². The van der Waals surface area contributed by atoms with Crippen molar-refractivity contribution < 1.29 is 18.4 Å². The number of carbonyl (C=O) groups is 1. The Morgan fingerprint density at radius 1 is 1.10 bits per heavy atom. The standard InChI is InChI=1S/C23H24FN3O3/c1-17-21(16-29-20-8-3-2-4-9-20)22(25-30-17)23(28)27-12-10-26(11-13-27)15-18-6-5-7-19(24)14-18/h2-9,14H,10-13,15-16H2,1H3. The molecule has 0 N–H and O–H groups in total. The summed E-state index contributed by atoms with van der Waals surface area (Å²) in [6.45, 7) is 5.27. The van der Waals surface area contributed by atoms with Gasteiger partial charge in [-0.25, -0.2) is 4.39 Å². The number of rotatable bonds is 6. The topological polar surface area (TPSA) is 58.8 Å². The molecule has 1 fully saturated rings. The first-order chi connectivity index (χ1) is 14.6. The molecule has 0 aliphatic carbocycles. The normalized spacial score (nSPS) is 14.7. The van der Waals surface area contributed by atoms with Crippen LogP contribution in [-0.4, -0.2) is 47.0 Å². The lowest BCUT2D eigenvalue weighted by Gasteiger charge is -2.34. The van der Waals surface area contributed by atoms with E-state index in [1.807, 2.05) is 36.4 Å². The zero-order valence-electron chi connectivity index (χ0n) is 16.9. The quantitative estimate of drug-likeness (QED) is 0.622. The number of ether oxygens (including phenoxy) is 1. The van der Waals surface area contributed by atoms with Gasteiger partial charge in [0.15, 0.2) is 5.69 Å². The summed E-state index contributed by atoms with van der Waals surface area (Å²) in [4.78, 5) is 17.0. The van der Waals surface area contributed by atoms with Gasteiger partial charge in [0.1, 0.15) is 23.9 Å². The van der Waals surface area contributed by atoms with E-state index in [0.29, 0.717) is 36.7 Å². The predicted molar refractivity (Wildman–Crippen MR) is 110 cm³/mol. The lowest BCUT2D eigenvalue weighted by atomic mass is 10.1. The van der Waals surface area contributed by atoms with E-state index in [2.05, 4.69) is 10.1 Å². The van der Waals surface area contributed by atoms with Crippen molar-refractivity contribution in [1.29, 1.82) is 0 Å². The van der Waals surface area contributed by atoms with Crippen molar-refractivity contribution in [3.8, 4) is 5.75 Å². The minimum absolute atomic E-state index is 0.149. The minimum Gasteiger partial charge on any atom is -0.489 e. The Morgan fingerprint density at radius 3 is 2.60 bits per heavy atom. The van der Waals surface area contributed by atoms with Gasteiger partial charge in [0.25, 0.3) is 5.91 Å². The van der Waals surface area contributed by atoms with E-state index >= 15 is 0 Å². The highest BCUT2D eigenvalue weighted by atomic mass is 19.1. The van der Waals surface area contributed by atoms with E-state index in [0.717, 1.165) is 24.4 Å². The Kier molecular flexibility index (Phi) is 6.09. The molecular formula is C23H24FN3O3. The van der Waals surface area contributed by atoms with E-state index in [9.17, 15) is 9.18 Å². The minimum atomic E-state index is -0.229. The van der Waals surface area contributed by atoms with Gasteiger partial charge in [-0.05, 0) is 36.8 Å². The van der Waals surface area contributed by atoms with E-state index in [-0.39, 0.29) is 18.3 Å². The monoisotopic (exact) mass is 409 g/mol. The highest BCUT2D eigenvalue weighted by Crippen LogP contribution is 2.20. The molecule has 30 heavy (non-hydrogen) atoms. The van der Waals surface area contributed by atoms with Gasteiger partial charge in [0.2, 0.25) is 0 Å². The van der Waals surface area contributed by atoms with Crippen molar-refractivity contribution in [1.82, 2.24) is 15.0 Å². The number of carbonyl (C=O) groups excluding carboxylic acids is 1. The molecule has 0 saturated carbocycles. The number of benzene rings is 2. The molecule has 3 aromatic rings. The molecule has 1 aromatic heterocycles. The highest BCUT2D eigenvalue weighted by molar-refractivity contribution is 5.93. The number of hydrogen-bond acceptors (Lipinski definition) is 5. The molecule has 2 heterocycles. The first-order valence-electron chi connectivity index (χ1n) is 9.99. The molecule has 0 unspecified atom stereocenters. The van der Waals surface area contributed by atoms with Crippen LogP contribution in [0.15, 0.2) is 59.1 Å². The highest BCUT2D eigenvalue weighted by Gasteiger charge is 2.28. The summed E-state index contributed by atoms with van der Waals surface area (Å²) in [6, 6.07) is 16.1. The Bertz CT molecular complexity index is 998. The van der Waals surface area contributed by atoms with E-state index in [1.165, 1.54) is 6.07 Å². The molecule has 0 spiro atoms. The molecule has 6 nitrogen and oxygen atoms in total. The average Bonchev–Trinajstić information content (AvgIpc) is 3.13. The molecule has 0 radical (unpaired) electrons. The molecule has 0 atom stereocenters. The van der Waals surface area contributed by atoms with E-state index in [4.69, 9.17) is 9.26 Å². The van der Waals surface area contributed by atoms with Crippen LogP contribution in [0.4, 0.5) is 4.39 Å². The van der Waals surface area contributed by atoms with Crippen LogP contribution in [0.1, 0.15) is 27.4 Å². The number of aromatic nitrogens is 1. The van der Waals surface area contributed by atoms with Gasteiger partial charge in [0.05, 0.1) is 5.56 Å². The van der Waals surface area contributed by atoms with Crippen LogP contribution < -0.4 is 4.74 Å². The van der Waals surface area contributed by atoms with Crippen LogP contribution in [0.3, 0.4) is 0 Å². The second-order valence-electron chi connectivity index (χ2n) is 7.37. The molecule has 7 heteroatoms. The molecule has 1 amide bonds. The number of amides is 1. The van der Waals surface area contributed by atoms with Crippen LogP contribution in [0.5, 0.6) is 5.75 Å². The number of nitrogens with zero attached hydrogens (tertiary/aromatic N) is 3. The fourth-order valence-corrected chi connectivity index (χ4v) is 3.55. The van der Waals surface area contributed by atoms with Crippen molar-refractivity contribution in [2.45, 2.75) is 20.1 Å². The molecular weight excluding hydrogens is 385 g/mol. The van der Waals surface area contributed by atoms with Crippen molar-refractivity contribution in [3.63, 3.8) is 0 Å². The second kappa shape index (κ2) is 9.09. The van der Waals surface area contributed by atoms with Crippen molar-refractivity contribution >= 4 is 5.91 Å². The maximum Gasteiger partial charge on any atom is 0.276 e. The lowest BCUT2D eigenvalue weighted by molar-refractivity contribution is 0.0616. The van der Waals surface area contributed by atoms with Gasteiger partial charge in [-0.3, -0.25) is 9.69 Å². The van der Waals surface area contributed by atoms with Crippen LogP contribution in [-0.2, 0) is 13.2 Å². The van der Waals surface area contributed by atoms with Gasteiger partial charge < -0.3 is 14.2 Å². The second-order valence-corrected chi connectivity index (χ2v) is 7.37. The lowest BCUT2D eigenvalue weighted by Crippen LogP contribution is -2.48. The summed E-state index contributed by atoms with van der Waals surface area (Å²) in [6.07, 6.45) is 0. The van der Waals surface area contributed by atoms with E-state index < -0.39 is 0 Å². The summed E-state index contributed by atoms with van der Waals surface area (Å²) < 4.78 is 24.5. The number of halogens is 1. The number of aryl methyl sites for hydroxylation is 1. The molecule has 4 rings (SSSR count). The third kappa shape index (κ3) is 4.68. The van der Waals surface area contributed by atoms with Crippen LogP contribution in [0.25, 0.3) is 0 Å². The number of piperazine rings is 1. The summed E-state index contributed by atoms with van der Waals surface area (Å²) in [5.74, 6) is 0.929. The van der Waals surface area contributed by atoms with Crippen LogP contribution in [0.2, 0.25) is 0 Å². The molecule has 156 valence electrons. The molecule has 2 aromatic carbocycles. The Morgan fingerprint density at radius 2 is 1.87 bits per heavy atom. The first-order valence-corrected chi connectivity index (χ1v) is 9.99. The average molecular weight is 409 g/mol. The van der Waals surface area contributed by atoms with Gasteiger partial charge in [-0.1, -0.05) is 35.5 Å². The van der Waals surface area contributed by atoms with Gasteiger partial charge >= 0.3 is 0 Å². The van der Waals surface area contributed by atoms with Crippen molar-refractivity contribution in [3.05, 3.63) is 83.0 Å². The number of para-hydroxylation sites is 1. The first kappa shape index (κ1) is 20.1. The Hall–Kier alpha value is -3.19. The van der Waals surface area contributed by atoms with E-state index in [1.54, 1.807) is 24.0 Å². The van der Waals surface area contributed by atoms with Crippen LogP contribution in [0, 0.1) is 12.7 Å². The molecule has 1 aliphatic rings. The third-order valence-electron chi connectivity index (χ3n) is 5.27. The molecule has 1 saturated heterocycles. The summed E-state index contributed by atoms with van der Waals surface area (Å²) in [7, 11) is 0. The van der Waals surface area contributed by atoms with Crippen molar-refractivity contribution in [2.75, 3.05) is 26.2 Å². The summed E-state index contributed by atoms with van der Waals surface area (Å²) in [5, 5.41) is 4.00. The largest absolute Gasteiger partial charge is 0.489 e. The fraction of sp³-hybridized carbons (Fsp3) is 0.304. The van der Waals surface area contributed by atoms with Gasteiger partial charge in [0, 0.05) is 32.7 Å². The smallest absolute Gasteiger partial charge is 0.276 e. The third-order valence-corrected chi connectivity index (χ3v) is 5.27. The summed E-state index contributed by atoms with van der Waals surface area (Å²) in [5.41, 5.74) is 1.91. The number of hydrogen-bond donors (Lipinski definition) is 0. The maximum absolute atomic E-state index is 13.4.